The van der Waals surface area contributed by atoms with Crippen LogP contribution in [0, 0.1) is 11.8 Å². The highest BCUT2D eigenvalue weighted by atomic mass is 16.4. The van der Waals surface area contributed by atoms with Gasteiger partial charge < -0.3 is 5.11 Å². The molecule has 1 heterocycles. The molecule has 4 nitrogen and oxygen atoms in total. The van der Waals surface area contributed by atoms with Gasteiger partial charge in [0.2, 0.25) is 0 Å². The van der Waals surface area contributed by atoms with Crippen LogP contribution in [-0.2, 0) is 11.3 Å². The average Bonchev–Trinajstić information content (AvgIpc) is 2.39. The second-order valence-corrected chi connectivity index (χ2v) is 5.67. The third-order valence-corrected chi connectivity index (χ3v) is 4.10. The Morgan fingerprint density at radius 3 is 2.89 bits per heavy atom. The van der Waals surface area contributed by atoms with E-state index in [1.807, 2.05) is 25.2 Å². The largest absolute Gasteiger partial charge is 0.481 e. The van der Waals surface area contributed by atoms with Gasteiger partial charge in [0.1, 0.15) is 0 Å². The molecule has 1 aromatic heterocycles. The summed E-state index contributed by atoms with van der Waals surface area (Å²) < 4.78 is 0. The molecule has 3 atom stereocenters. The van der Waals surface area contributed by atoms with Crippen molar-refractivity contribution in [1.82, 2.24) is 9.88 Å². The Morgan fingerprint density at radius 2 is 2.26 bits per heavy atom. The minimum atomic E-state index is -0.662. The topological polar surface area (TPSA) is 53.4 Å². The van der Waals surface area contributed by atoms with Gasteiger partial charge in [0, 0.05) is 18.8 Å². The highest BCUT2D eigenvalue weighted by Gasteiger charge is 2.35. The summed E-state index contributed by atoms with van der Waals surface area (Å²) in [5.41, 5.74) is 0.993. The normalized spacial score (nSPS) is 27.4. The summed E-state index contributed by atoms with van der Waals surface area (Å²) in [6.07, 6.45) is 4.54. The van der Waals surface area contributed by atoms with Crippen LogP contribution in [0.15, 0.2) is 24.4 Å². The molecule has 3 unspecified atom stereocenters. The molecule has 1 fully saturated rings. The fourth-order valence-electron chi connectivity index (χ4n) is 2.99. The Kier molecular flexibility index (Phi) is 4.53. The smallest absolute Gasteiger partial charge is 0.308 e. The average molecular weight is 262 g/mol. The molecule has 1 saturated carbocycles. The first kappa shape index (κ1) is 14.0. The summed E-state index contributed by atoms with van der Waals surface area (Å²) in [5.74, 6) is -0.304. The maximum Gasteiger partial charge on any atom is 0.308 e. The van der Waals surface area contributed by atoms with Crippen LogP contribution in [0.2, 0.25) is 0 Å². The lowest BCUT2D eigenvalue weighted by Crippen LogP contribution is -2.44. The van der Waals surface area contributed by atoms with Crippen molar-refractivity contribution in [3.63, 3.8) is 0 Å². The molecule has 1 aliphatic rings. The molecule has 4 heteroatoms. The van der Waals surface area contributed by atoms with E-state index in [2.05, 4.69) is 16.8 Å². The Hall–Kier alpha value is -1.42. The summed E-state index contributed by atoms with van der Waals surface area (Å²) in [6.45, 7) is 2.92. The third kappa shape index (κ3) is 3.53. The zero-order valence-electron chi connectivity index (χ0n) is 11.6. The Balaban J connectivity index is 2.06. The van der Waals surface area contributed by atoms with E-state index in [0.717, 1.165) is 25.0 Å². The molecule has 0 aliphatic heterocycles. The molecule has 0 aromatic carbocycles. The van der Waals surface area contributed by atoms with Crippen molar-refractivity contribution in [1.29, 1.82) is 0 Å². The van der Waals surface area contributed by atoms with E-state index in [9.17, 15) is 9.90 Å². The minimum Gasteiger partial charge on any atom is -0.481 e. The fourth-order valence-corrected chi connectivity index (χ4v) is 2.99. The van der Waals surface area contributed by atoms with Crippen LogP contribution in [0.5, 0.6) is 0 Å². The van der Waals surface area contributed by atoms with Crippen LogP contribution in [0.1, 0.15) is 31.9 Å². The van der Waals surface area contributed by atoms with Crippen molar-refractivity contribution < 1.29 is 9.90 Å². The molecule has 0 saturated heterocycles. The molecule has 0 bridgehead atoms. The van der Waals surface area contributed by atoms with Crippen LogP contribution in [-0.4, -0.2) is 34.0 Å². The van der Waals surface area contributed by atoms with Gasteiger partial charge in [0.25, 0.3) is 0 Å². The third-order valence-electron chi connectivity index (χ3n) is 4.10. The van der Waals surface area contributed by atoms with Crippen molar-refractivity contribution in [2.24, 2.45) is 11.8 Å². The number of carboxylic acids is 1. The summed E-state index contributed by atoms with van der Waals surface area (Å²) in [5, 5.41) is 9.37. The highest BCUT2D eigenvalue weighted by molar-refractivity contribution is 5.71. The van der Waals surface area contributed by atoms with Crippen molar-refractivity contribution in [3.8, 4) is 0 Å². The zero-order chi connectivity index (χ0) is 13.8. The van der Waals surface area contributed by atoms with E-state index in [1.54, 1.807) is 6.20 Å². The first-order chi connectivity index (χ1) is 9.08. The number of rotatable bonds is 4. The maximum atomic E-state index is 11.4. The highest BCUT2D eigenvalue weighted by Crippen LogP contribution is 2.32. The van der Waals surface area contributed by atoms with E-state index in [1.165, 1.54) is 0 Å². The van der Waals surface area contributed by atoms with Gasteiger partial charge in [-0.25, -0.2) is 0 Å². The van der Waals surface area contributed by atoms with Crippen LogP contribution in [0.3, 0.4) is 0 Å². The molecule has 19 heavy (non-hydrogen) atoms. The Morgan fingerprint density at radius 1 is 1.47 bits per heavy atom. The van der Waals surface area contributed by atoms with Gasteiger partial charge in [0.05, 0.1) is 11.6 Å². The number of hydrogen-bond acceptors (Lipinski definition) is 3. The lowest BCUT2D eigenvalue weighted by Gasteiger charge is -2.38. The maximum absolute atomic E-state index is 11.4. The molecule has 1 aromatic rings. The monoisotopic (exact) mass is 262 g/mol. The Labute approximate surface area is 114 Å². The van der Waals surface area contributed by atoms with Crippen molar-refractivity contribution in [2.75, 3.05) is 7.05 Å². The molecule has 2 rings (SSSR count). The van der Waals surface area contributed by atoms with Crippen LogP contribution < -0.4 is 0 Å². The van der Waals surface area contributed by atoms with Crippen LogP contribution >= 0.6 is 0 Å². The van der Waals surface area contributed by atoms with Crippen LogP contribution in [0.25, 0.3) is 0 Å². The summed E-state index contributed by atoms with van der Waals surface area (Å²) in [7, 11) is 2.01. The number of aromatic nitrogens is 1. The predicted octanol–water partition coefficient (Wildman–Crippen LogP) is 2.40. The molecular formula is C15H22N2O2. The lowest BCUT2D eigenvalue weighted by molar-refractivity contribution is -0.146. The molecule has 1 aliphatic carbocycles. The lowest BCUT2D eigenvalue weighted by atomic mass is 9.78. The van der Waals surface area contributed by atoms with Gasteiger partial charge >= 0.3 is 5.97 Å². The summed E-state index contributed by atoms with van der Waals surface area (Å²) >= 11 is 0. The van der Waals surface area contributed by atoms with E-state index >= 15 is 0 Å². The number of carboxylic acid groups (broad SMARTS) is 1. The van der Waals surface area contributed by atoms with E-state index in [4.69, 9.17) is 0 Å². The van der Waals surface area contributed by atoms with E-state index < -0.39 is 5.97 Å². The molecular weight excluding hydrogens is 240 g/mol. The van der Waals surface area contributed by atoms with Gasteiger partial charge in [-0.2, -0.15) is 0 Å². The number of aliphatic carboxylic acids is 1. The van der Waals surface area contributed by atoms with Crippen molar-refractivity contribution in [3.05, 3.63) is 30.1 Å². The van der Waals surface area contributed by atoms with E-state index in [-0.39, 0.29) is 12.0 Å². The quantitative estimate of drug-likeness (QED) is 0.905. The number of nitrogens with zero attached hydrogens (tertiary/aromatic N) is 2. The molecule has 0 amide bonds. The molecule has 0 radical (unpaired) electrons. The standard InChI is InChI=1S/C15H22N2O2/c1-11-6-7-13(15(18)19)14(9-11)17(2)10-12-5-3-4-8-16-12/h3-5,8,11,13-14H,6-7,9-10H2,1-2H3,(H,18,19). The molecule has 104 valence electrons. The summed E-state index contributed by atoms with van der Waals surface area (Å²) in [4.78, 5) is 17.8. The van der Waals surface area contributed by atoms with Gasteiger partial charge in [-0.15, -0.1) is 0 Å². The van der Waals surface area contributed by atoms with Crippen molar-refractivity contribution >= 4 is 5.97 Å². The van der Waals surface area contributed by atoms with Gasteiger partial charge in [-0.1, -0.05) is 13.0 Å². The SMILES string of the molecule is CC1CCC(C(=O)O)C(N(C)Cc2ccccn2)C1. The van der Waals surface area contributed by atoms with E-state index in [0.29, 0.717) is 12.5 Å². The fraction of sp³-hybridized carbons (Fsp3) is 0.600. The van der Waals surface area contributed by atoms with Crippen LogP contribution in [0.4, 0.5) is 0 Å². The van der Waals surface area contributed by atoms with Gasteiger partial charge in [-0.05, 0) is 44.4 Å². The van der Waals surface area contributed by atoms with Crippen molar-refractivity contribution in [2.45, 2.75) is 38.8 Å². The Bertz CT molecular complexity index is 421. The summed E-state index contributed by atoms with van der Waals surface area (Å²) in [6, 6.07) is 5.96. The van der Waals surface area contributed by atoms with Gasteiger partial charge in [0.15, 0.2) is 0 Å². The molecule has 0 spiro atoms. The zero-order valence-corrected chi connectivity index (χ0v) is 11.6. The number of pyridine rings is 1. The number of hydrogen-bond donors (Lipinski definition) is 1. The van der Waals surface area contributed by atoms with Gasteiger partial charge in [-0.3, -0.25) is 14.7 Å². The predicted molar refractivity (Wildman–Crippen MR) is 73.6 cm³/mol. The second kappa shape index (κ2) is 6.15. The first-order valence-corrected chi connectivity index (χ1v) is 6.91. The number of carbonyl (C=O) groups is 1. The first-order valence-electron chi connectivity index (χ1n) is 6.91. The molecule has 1 N–H and O–H groups in total. The minimum absolute atomic E-state index is 0.114. The second-order valence-electron chi connectivity index (χ2n) is 5.67.